The van der Waals surface area contributed by atoms with Crippen LogP contribution in [-0.2, 0) is 11.3 Å². The first kappa shape index (κ1) is 13.8. The highest BCUT2D eigenvalue weighted by molar-refractivity contribution is 5.79. The Hall–Kier alpha value is -2.63. The molecule has 0 radical (unpaired) electrons. The van der Waals surface area contributed by atoms with Crippen molar-refractivity contribution < 1.29 is 4.79 Å². The van der Waals surface area contributed by atoms with Crippen molar-refractivity contribution in [1.82, 2.24) is 10.2 Å². The van der Waals surface area contributed by atoms with Crippen molar-refractivity contribution in [2.45, 2.75) is 13.5 Å². The van der Waals surface area contributed by atoms with E-state index in [0.717, 1.165) is 11.3 Å². The van der Waals surface area contributed by atoms with E-state index in [1.165, 1.54) is 0 Å². The zero-order valence-corrected chi connectivity index (χ0v) is 11.3. The molecule has 0 bridgehead atoms. The minimum atomic E-state index is -0.414. The number of aryl methyl sites for hydroxylation is 1. The van der Waals surface area contributed by atoms with Crippen molar-refractivity contribution in [3.63, 3.8) is 0 Å². The van der Waals surface area contributed by atoms with Crippen LogP contribution in [0.3, 0.4) is 0 Å². The summed E-state index contributed by atoms with van der Waals surface area (Å²) in [5.74, 6) is 0.203. The van der Waals surface area contributed by atoms with E-state index in [1.807, 2.05) is 43.3 Å². The number of amides is 1. The number of anilines is 2. The molecule has 0 atom stereocenters. The highest BCUT2D eigenvalue weighted by atomic mass is 16.1. The fourth-order valence-corrected chi connectivity index (χ4v) is 1.81. The van der Waals surface area contributed by atoms with E-state index in [4.69, 9.17) is 11.5 Å². The van der Waals surface area contributed by atoms with Gasteiger partial charge in [-0.2, -0.15) is 5.10 Å². The molecule has 0 aliphatic heterocycles. The highest BCUT2D eigenvalue weighted by Crippen LogP contribution is 2.14. The molecule has 6 heteroatoms. The van der Waals surface area contributed by atoms with Crippen molar-refractivity contribution >= 4 is 17.4 Å². The van der Waals surface area contributed by atoms with Crippen molar-refractivity contribution in [2.75, 3.05) is 17.2 Å². The number of hydrogen-bond donors (Lipinski definition) is 2. The second-order valence-corrected chi connectivity index (χ2v) is 4.60. The lowest BCUT2D eigenvalue weighted by molar-refractivity contribution is -0.116. The molecule has 0 unspecified atom stereocenters. The summed E-state index contributed by atoms with van der Waals surface area (Å²) in [5, 5.41) is 8.09. The monoisotopic (exact) mass is 271 g/mol. The maximum atomic E-state index is 11.2. The summed E-state index contributed by atoms with van der Waals surface area (Å²) >= 11 is 0. The molecule has 0 spiro atoms. The average Bonchev–Trinajstić information content (AvgIpc) is 2.41. The molecule has 0 aliphatic carbocycles. The molecular weight excluding hydrogens is 254 g/mol. The zero-order chi connectivity index (χ0) is 14.5. The maximum Gasteiger partial charge on any atom is 0.237 e. The van der Waals surface area contributed by atoms with Gasteiger partial charge in [-0.15, -0.1) is 5.10 Å². The summed E-state index contributed by atoms with van der Waals surface area (Å²) < 4.78 is 0. The van der Waals surface area contributed by atoms with E-state index >= 15 is 0 Å². The number of hydrogen-bond acceptors (Lipinski definition) is 5. The van der Waals surface area contributed by atoms with Crippen LogP contribution in [-0.4, -0.2) is 22.6 Å². The van der Waals surface area contributed by atoms with Gasteiger partial charge in [-0.3, -0.25) is 4.79 Å². The zero-order valence-electron chi connectivity index (χ0n) is 11.3. The van der Waals surface area contributed by atoms with Crippen molar-refractivity contribution in [3.05, 3.63) is 47.7 Å². The van der Waals surface area contributed by atoms with Crippen molar-refractivity contribution in [3.8, 4) is 0 Å². The van der Waals surface area contributed by atoms with Crippen molar-refractivity contribution in [1.29, 1.82) is 0 Å². The molecule has 104 valence electrons. The first-order chi connectivity index (χ1) is 9.54. The first-order valence-corrected chi connectivity index (χ1v) is 6.22. The van der Waals surface area contributed by atoms with Gasteiger partial charge in [0.25, 0.3) is 0 Å². The van der Waals surface area contributed by atoms with Crippen LogP contribution in [0.4, 0.5) is 11.5 Å². The van der Waals surface area contributed by atoms with Gasteiger partial charge in [-0.05, 0) is 36.8 Å². The van der Waals surface area contributed by atoms with Gasteiger partial charge in [0.15, 0.2) is 5.82 Å². The Bertz CT molecular complexity index is 580. The molecule has 2 aromatic rings. The van der Waals surface area contributed by atoms with Gasteiger partial charge in [-0.1, -0.05) is 12.1 Å². The van der Waals surface area contributed by atoms with E-state index in [1.54, 1.807) is 4.90 Å². The van der Waals surface area contributed by atoms with E-state index in [9.17, 15) is 4.79 Å². The maximum absolute atomic E-state index is 11.2. The second-order valence-electron chi connectivity index (χ2n) is 4.60. The normalized spacial score (nSPS) is 10.2. The Morgan fingerprint density at radius 1 is 1.15 bits per heavy atom. The molecule has 0 aliphatic rings. The van der Waals surface area contributed by atoms with Crippen LogP contribution in [0.25, 0.3) is 0 Å². The van der Waals surface area contributed by atoms with Crippen molar-refractivity contribution in [2.24, 2.45) is 5.73 Å². The summed E-state index contributed by atoms with van der Waals surface area (Å²) in [6.45, 7) is 2.46. The third-order valence-corrected chi connectivity index (χ3v) is 2.81. The number of rotatable bonds is 5. The first-order valence-electron chi connectivity index (χ1n) is 6.22. The lowest BCUT2D eigenvalue weighted by Crippen LogP contribution is -2.34. The number of carbonyl (C=O) groups excluding carboxylic acids is 1. The Morgan fingerprint density at radius 2 is 1.85 bits per heavy atom. The van der Waals surface area contributed by atoms with Gasteiger partial charge in [0.2, 0.25) is 5.91 Å². The third kappa shape index (κ3) is 3.68. The number of carbonyl (C=O) groups is 1. The van der Waals surface area contributed by atoms with Crippen LogP contribution in [0.5, 0.6) is 0 Å². The smallest absolute Gasteiger partial charge is 0.237 e. The Morgan fingerprint density at radius 3 is 2.40 bits per heavy atom. The molecule has 1 amide bonds. The fourth-order valence-electron chi connectivity index (χ4n) is 1.81. The number of aromatic nitrogens is 2. The van der Waals surface area contributed by atoms with Crippen LogP contribution in [0, 0.1) is 6.92 Å². The SMILES string of the molecule is Cc1ccc(N(CC(N)=O)Cc2ccc(N)cc2)nn1. The predicted octanol–water partition coefficient (Wildman–Crippen LogP) is 0.859. The van der Waals surface area contributed by atoms with Gasteiger partial charge in [-0.25, -0.2) is 0 Å². The lowest BCUT2D eigenvalue weighted by Gasteiger charge is -2.21. The largest absolute Gasteiger partial charge is 0.399 e. The number of nitrogen functional groups attached to an aromatic ring is 1. The number of nitrogens with zero attached hydrogens (tertiary/aromatic N) is 3. The van der Waals surface area contributed by atoms with Crippen LogP contribution in [0.2, 0.25) is 0 Å². The topological polar surface area (TPSA) is 98.1 Å². The summed E-state index contributed by atoms with van der Waals surface area (Å²) in [5.41, 5.74) is 13.5. The summed E-state index contributed by atoms with van der Waals surface area (Å²) in [4.78, 5) is 13.0. The molecule has 0 saturated carbocycles. The van der Waals surface area contributed by atoms with Gasteiger partial charge >= 0.3 is 0 Å². The number of benzene rings is 1. The summed E-state index contributed by atoms with van der Waals surface area (Å²) in [6.07, 6.45) is 0. The highest BCUT2D eigenvalue weighted by Gasteiger charge is 2.12. The molecule has 1 heterocycles. The van der Waals surface area contributed by atoms with Crippen LogP contribution < -0.4 is 16.4 Å². The summed E-state index contributed by atoms with van der Waals surface area (Å²) in [7, 11) is 0. The minimum Gasteiger partial charge on any atom is -0.399 e. The molecule has 1 aromatic carbocycles. The van der Waals surface area contributed by atoms with Gasteiger partial charge < -0.3 is 16.4 Å². The van der Waals surface area contributed by atoms with Crippen LogP contribution in [0.15, 0.2) is 36.4 Å². The average molecular weight is 271 g/mol. The fraction of sp³-hybridized carbons (Fsp3) is 0.214. The van der Waals surface area contributed by atoms with E-state index in [2.05, 4.69) is 10.2 Å². The number of nitrogens with two attached hydrogens (primary N) is 2. The quantitative estimate of drug-likeness (QED) is 0.786. The van der Waals surface area contributed by atoms with E-state index in [0.29, 0.717) is 18.1 Å². The lowest BCUT2D eigenvalue weighted by atomic mass is 10.2. The molecule has 2 rings (SSSR count). The van der Waals surface area contributed by atoms with Crippen LogP contribution in [0.1, 0.15) is 11.3 Å². The van der Waals surface area contributed by atoms with Gasteiger partial charge in [0, 0.05) is 12.2 Å². The molecule has 4 N–H and O–H groups in total. The summed E-state index contributed by atoms with van der Waals surface area (Å²) in [6, 6.07) is 11.1. The standard InChI is InChI=1S/C14H17N5O/c1-10-2-7-14(18-17-10)19(9-13(16)20)8-11-3-5-12(15)6-4-11/h2-7H,8-9,15H2,1H3,(H2,16,20). The molecular formula is C14H17N5O. The Balaban J connectivity index is 2.21. The predicted molar refractivity (Wildman–Crippen MR) is 77.9 cm³/mol. The number of primary amides is 1. The van der Waals surface area contributed by atoms with E-state index < -0.39 is 5.91 Å². The third-order valence-electron chi connectivity index (χ3n) is 2.81. The Kier molecular flexibility index (Phi) is 4.14. The molecule has 0 fully saturated rings. The molecule has 20 heavy (non-hydrogen) atoms. The molecule has 1 aromatic heterocycles. The van der Waals surface area contributed by atoms with E-state index in [-0.39, 0.29) is 6.54 Å². The van der Waals surface area contributed by atoms with Gasteiger partial charge in [0.05, 0.1) is 12.2 Å². The minimum absolute atomic E-state index is 0.0854. The second kappa shape index (κ2) is 6.01. The van der Waals surface area contributed by atoms with Crippen LogP contribution >= 0.6 is 0 Å². The Labute approximate surface area is 117 Å². The molecule has 0 saturated heterocycles. The van der Waals surface area contributed by atoms with Gasteiger partial charge in [0.1, 0.15) is 0 Å². The molecule has 6 nitrogen and oxygen atoms in total.